The molecule has 6 nitrogen and oxygen atoms in total. The van der Waals surface area contributed by atoms with Gasteiger partial charge in [0.15, 0.2) is 0 Å². The van der Waals surface area contributed by atoms with E-state index in [0.717, 1.165) is 11.3 Å². The molecule has 0 radical (unpaired) electrons. The van der Waals surface area contributed by atoms with Crippen LogP contribution in [0.1, 0.15) is 19.8 Å². The van der Waals surface area contributed by atoms with E-state index >= 15 is 0 Å². The topological polar surface area (TPSA) is 95.5 Å². The van der Waals surface area contributed by atoms with Crippen molar-refractivity contribution in [3.8, 4) is 0 Å². The number of sulfonamides is 1. The summed E-state index contributed by atoms with van der Waals surface area (Å²) in [4.78, 5) is 11.5. The van der Waals surface area contributed by atoms with E-state index in [4.69, 9.17) is 5.11 Å². The maximum atomic E-state index is 11.7. The molecular weight excluding hydrogens is 288 g/mol. The summed E-state index contributed by atoms with van der Waals surface area (Å²) in [5.74, 6) is -0.241. The maximum absolute atomic E-state index is 11.7. The molecule has 108 valence electrons. The standard InChI is InChI=1S/C11H18N2O4S2/c1-9(5-7-14)13-10(15)4-6-12-19(16,17)11-3-2-8-18-11/h2-3,8-9,12,14H,4-7H2,1H3,(H,13,15). The molecule has 1 rings (SSSR count). The molecule has 1 atom stereocenters. The Morgan fingerprint density at radius 1 is 1.53 bits per heavy atom. The molecule has 1 heterocycles. The Morgan fingerprint density at radius 2 is 2.26 bits per heavy atom. The molecule has 0 aliphatic rings. The van der Waals surface area contributed by atoms with Crippen LogP contribution in [-0.4, -0.2) is 38.6 Å². The van der Waals surface area contributed by atoms with E-state index in [2.05, 4.69) is 10.0 Å². The van der Waals surface area contributed by atoms with E-state index in [9.17, 15) is 13.2 Å². The first kappa shape index (κ1) is 16.1. The van der Waals surface area contributed by atoms with Crippen molar-refractivity contribution in [2.75, 3.05) is 13.2 Å². The molecule has 1 aromatic rings. The summed E-state index contributed by atoms with van der Waals surface area (Å²) in [5, 5.41) is 13.0. The van der Waals surface area contributed by atoms with Crippen molar-refractivity contribution < 1.29 is 18.3 Å². The van der Waals surface area contributed by atoms with Crippen molar-refractivity contribution in [1.29, 1.82) is 0 Å². The minimum absolute atomic E-state index is 0.00640. The molecule has 0 aliphatic carbocycles. The van der Waals surface area contributed by atoms with Gasteiger partial charge in [-0.2, -0.15) is 0 Å². The first-order valence-corrected chi connectivity index (χ1v) is 8.25. The van der Waals surface area contributed by atoms with Crippen LogP contribution in [0.15, 0.2) is 21.7 Å². The van der Waals surface area contributed by atoms with E-state index in [0.29, 0.717) is 6.42 Å². The van der Waals surface area contributed by atoms with Gasteiger partial charge in [-0.05, 0) is 24.8 Å². The van der Waals surface area contributed by atoms with Crippen LogP contribution in [0, 0.1) is 0 Å². The third-order valence-corrected chi connectivity index (χ3v) is 5.23. The lowest BCUT2D eigenvalue weighted by Gasteiger charge is -2.12. The van der Waals surface area contributed by atoms with Gasteiger partial charge in [0.25, 0.3) is 0 Å². The van der Waals surface area contributed by atoms with Crippen LogP contribution in [0.25, 0.3) is 0 Å². The summed E-state index contributed by atoms with van der Waals surface area (Å²) < 4.78 is 26.1. The van der Waals surface area contributed by atoms with Gasteiger partial charge in [0.2, 0.25) is 15.9 Å². The number of hydrogen-bond acceptors (Lipinski definition) is 5. The van der Waals surface area contributed by atoms with Gasteiger partial charge in [0.05, 0.1) is 0 Å². The lowest BCUT2D eigenvalue weighted by atomic mass is 10.2. The number of rotatable bonds is 8. The number of aliphatic hydroxyl groups excluding tert-OH is 1. The monoisotopic (exact) mass is 306 g/mol. The van der Waals surface area contributed by atoms with Crippen LogP contribution in [0.2, 0.25) is 0 Å². The summed E-state index contributed by atoms with van der Waals surface area (Å²) in [7, 11) is -3.50. The van der Waals surface area contributed by atoms with Gasteiger partial charge in [-0.1, -0.05) is 6.07 Å². The van der Waals surface area contributed by atoms with Crippen molar-refractivity contribution in [3.63, 3.8) is 0 Å². The average molecular weight is 306 g/mol. The molecular formula is C11H18N2O4S2. The molecule has 3 N–H and O–H groups in total. The third-order valence-electron chi connectivity index (χ3n) is 2.37. The zero-order chi connectivity index (χ0) is 14.3. The molecule has 19 heavy (non-hydrogen) atoms. The Morgan fingerprint density at radius 3 is 2.84 bits per heavy atom. The molecule has 0 spiro atoms. The summed E-state index contributed by atoms with van der Waals surface area (Å²) in [6, 6.07) is 3.05. The van der Waals surface area contributed by atoms with Crippen LogP contribution in [0.4, 0.5) is 0 Å². The zero-order valence-corrected chi connectivity index (χ0v) is 12.3. The Bertz CT molecular complexity index is 485. The summed E-state index contributed by atoms with van der Waals surface area (Å²) in [6.45, 7) is 1.84. The SMILES string of the molecule is CC(CCO)NC(=O)CCNS(=O)(=O)c1cccs1. The molecule has 1 aromatic heterocycles. The Kier molecular flexibility index (Phi) is 6.43. The Labute approximate surface area is 116 Å². The number of carbonyl (C=O) groups excluding carboxylic acids is 1. The fraction of sp³-hybridized carbons (Fsp3) is 0.545. The fourth-order valence-corrected chi connectivity index (χ4v) is 3.47. The van der Waals surface area contributed by atoms with Gasteiger partial charge in [0, 0.05) is 25.6 Å². The quantitative estimate of drug-likeness (QED) is 0.644. The second kappa shape index (κ2) is 7.59. The first-order chi connectivity index (χ1) is 8.95. The minimum atomic E-state index is -3.50. The van der Waals surface area contributed by atoms with Crippen LogP contribution >= 0.6 is 11.3 Å². The molecule has 0 saturated heterocycles. The van der Waals surface area contributed by atoms with Gasteiger partial charge in [0.1, 0.15) is 4.21 Å². The number of aliphatic hydroxyl groups is 1. The van der Waals surface area contributed by atoms with E-state index in [1.165, 1.54) is 6.07 Å². The van der Waals surface area contributed by atoms with Crippen molar-refractivity contribution in [2.45, 2.75) is 30.0 Å². The second-order valence-corrected chi connectivity index (χ2v) is 7.00. The highest BCUT2D eigenvalue weighted by Crippen LogP contribution is 2.14. The van der Waals surface area contributed by atoms with Gasteiger partial charge >= 0.3 is 0 Å². The molecule has 1 unspecified atom stereocenters. The molecule has 0 fully saturated rings. The lowest BCUT2D eigenvalue weighted by Crippen LogP contribution is -2.35. The van der Waals surface area contributed by atoms with Crippen molar-refractivity contribution in [3.05, 3.63) is 17.5 Å². The van der Waals surface area contributed by atoms with Gasteiger partial charge < -0.3 is 10.4 Å². The highest BCUT2D eigenvalue weighted by molar-refractivity contribution is 7.91. The molecule has 0 aliphatic heterocycles. The van der Waals surface area contributed by atoms with Crippen LogP contribution in [-0.2, 0) is 14.8 Å². The van der Waals surface area contributed by atoms with E-state index < -0.39 is 10.0 Å². The summed E-state index contributed by atoms with van der Waals surface area (Å²) in [5.41, 5.74) is 0. The normalized spacial score (nSPS) is 13.2. The number of carbonyl (C=O) groups is 1. The predicted molar refractivity (Wildman–Crippen MR) is 73.4 cm³/mol. The van der Waals surface area contributed by atoms with Crippen LogP contribution in [0.5, 0.6) is 0 Å². The fourth-order valence-electron chi connectivity index (χ4n) is 1.40. The van der Waals surface area contributed by atoms with Gasteiger partial charge in [-0.15, -0.1) is 11.3 Å². The van der Waals surface area contributed by atoms with Crippen molar-refractivity contribution in [2.24, 2.45) is 0 Å². The van der Waals surface area contributed by atoms with Crippen molar-refractivity contribution in [1.82, 2.24) is 10.0 Å². The lowest BCUT2D eigenvalue weighted by molar-refractivity contribution is -0.121. The summed E-state index contributed by atoms with van der Waals surface area (Å²) in [6.07, 6.45) is 0.549. The highest BCUT2D eigenvalue weighted by Gasteiger charge is 2.15. The molecule has 8 heteroatoms. The molecule has 0 aromatic carbocycles. The van der Waals surface area contributed by atoms with Crippen molar-refractivity contribution >= 4 is 27.3 Å². The molecule has 1 amide bonds. The minimum Gasteiger partial charge on any atom is -0.396 e. The molecule has 0 saturated carbocycles. The highest BCUT2D eigenvalue weighted by atomic mass is 32.2. The number of hydrogen-bond donors (Lipinski definition) is 3. The number of amides is 1. The van der Waals surface area contributed by atoms with E-state index in [1.807, 2.05) is 0 Å². The van der Waals surface area contributed by atoms with Crippen LogP contribution in [0.3, 0.4) is 0 Å². The number of thiophene rings is 1. The maximum Gasteiger partial charge on any atom is 0.250 e. The smallest absolute Gasteiger partial charge is 0.250 e. The van der Waals surface area contributed by atoms with Gasteiger partial charge in [-0.25, -0.2) is 13.1 Å². The van der Waals surface area contributed by atoms with Crippen LogP contribution < -0.4 is 10.0 Å². The average Bonchev–Trinajstić information content (AvgIpc) is 2.82. The zero-order valence-electron chi connectivity index (χ0n) is 10.6. The molecule has 0 bridgehead atoms. The number of nitrogens with one attached hydrogen (secondary N) is 2. The summed E-state index contributed by atoms with van der Waals surface area (Å²) >= 11 is 1.13. The Balaban J connectivity index is 2.32. The van der Waals surface area contributed by atoms with E-state index in [1.54, 1.807) is 18.4 Å². The largest absolute Gasteiger partial charge is 0.396 e. The first-order valence-electron chi connectivity index (χ1n) is 5.89. The second-order valence-electron chi connectivity index (χ2n) is 4.06. The third kappa shape index (κ3) is 5.68. The predicted octanol–water partition coefficient (Wildman–Crippen LogP) is 0.304. The Hall–Kier alpha value is -0.960. The van der Waals surface area contributed by atoms with E-state index in [-0.39, 0.29) is 35.7 Å². The van der Waals surface area contributed by atoms with Gasteiger partial charge in [-0.3, -0.25) is 4.79 Å².